The molecule has 0 fully saturated rings. The number of hydrogen-bond donors (Lipinski definition) is 1. The van der Waals surface area contributed by atoms with Crippen LogP contribution in [0.5, 0.6) is 0 Å². The number of carbonyl (C=O) groups is 1. The van der Waals surface area contributed by atoms with Gasteiger partial charge < -0.3 is 10.5 Å². The Bertz CT molecular complexity index is 1230. The summed E-state index contributed by atoms with van der Waals surface area (Å²) < 4.78 is 4.93. The molecule has 1 aliphatic rings. The van der Waals surface area contributed by atoms with Gasteiger partial charge in [-0.05, 0) is 30.0 Å². The molecule has 28 heavy (non-hydrogen) atoms. The predicted molar refractivity (Wildman–Crippen MR) is 111 cm³/mol. The number of nitrogens with zero attached hydrogens (tertiary/aromatic N) is 2. The van der Waals surface area contributed by atoms with Crippen LogP contribution in [0.4, 0.5) is 5.69 Å². The lowest BCUT2D eigenvalue weighted by molar-refractivity contribution is 0.0607. The number of ether oxygens (including phenoxy) is 1. The highest BCUT2D eigenvalue weighted by Gasteiger charge is 2.27. The number of benzene rings is 1. The van der Waals surface area contributed by atoms with Crippen molar-refractivity contribution in [2.45, 2.75) is 12.8 Å². The molecule has 0 atom stereocenters. The number of thiophene rings is 1. The van der Waals surface area contributed by atoms with E-state index in [2.05, 4.69) is 23.2 Å². The van der Waals surface area contributed by atoms with Crippen molar-refractivity contribution in [3.63, 3.8) is 0 Å². The number of esters is 1. The van der Waals surface area contributed by atoms with Gasteiger partial charge in [-0.25, -0.2) is 9.78 Å². The molecule has 5 nitrogen and oxygen atoms in total. The monoisotopic (exact) mass is 387 g/mol. The third kappa shape index (κ3) is 2.42. The van der Waals surface area contributed by atoms with Crippen molar-refractivity contribution in [3.05, 3.63) is 64.8 Å². The van der Waals surface area contributed by atoms with Crippen molar-refractivity contribution < 1.29 is 9.53 Å². The third-order valence-corrected chi connectivity index (χ3v) is 6.29. The number of hydrogen-bond acceptors (Lipinski definition) is 6. The summed E-state index contributed by atoms with van der Waals surface area (Å²) >= 11 is 1.28. The lowest BCUT2D eigenvalue weighted by atomic mass is 9.84. The summed E-state index contributed by atoms with van der Waals surface area (Å²) in [5.74, 6) is -0.434. The maximum Gasteiger partial charge on any atom is 0.350 e. The predicted octanol–water partition coefficient (Wildman–Crippen LogP) is 4.49. The summed E-state index contributed by atoms with van der Waals surface area (Å²) in [6.07, 6.45) is 5.39. The van der Waals surface area contributed by atoms with Crippen LogP contribution < -0.4 is 5.73 Å². The third-order valence-electron chi connectivity index (χ3n) is 5.22. The van der Waals surface area contributed by atoms with Gasteiger partial charge in [0.15, 0.2) is 0 Å². The van der Waals surface area contributed by atoms with Crippen LogP contribution in [0, 0.1) is 0 Å². The minimum Gasteiger partial charge on any atom is -0.465 e. The van der Waals surface area contributed by atoms with Crippen molar-refractivity contribution in [2.75, 3.05) is 12.8 Å². The molecule has 1 aromatic carbocycles. The largest absolute Gasteiger partial charge is 0.465 e. The van der Waals surface area contributed by atoms with Crippen LogP contribution in [0.3, 0.4) is 0 Å². The number of fused-ring (bicyclic) bond motifs is 4. The topological polar surface area (TPSA) is 78.1 Å². The van der Waals surface area contributed by atoms with Crippen LogP contribution in [-0.4, -0.2) is 23.0 Å². The van der Waals surface area contributed by atoms with Crippen molar-refractivity contribution in [3.8, 4) is 22.4 Å². The maximum absolute atomic E-state index is 12.2. The van der Waals surface area contributed by atoms with Crippen LogP contribution in [0.25, 0.3) is 32.6 Å². The van der Waals surface area contributed by atoms with Crippen LogP contribution in [0.2, 0.25) is 0 Å². The standard InChI is InChI=1S/C22H17N3O2S/c1-27-22(26)20-18(23)17-16(13-6-4-10-24-11-13)15-9-8-12-5-2-3-7-14(12)19(15)25-21(17)28-20/h2-7,10-11H,8-9,23H2,1H3. The molecule has 3 heterocycles. The summed E-state index contributed by atoms with van der Waals surface area (Å²) in [5.41, 5.74) is 13.4. The molecule has 3 aromatic heterocycles. The highest BCUT2D eigenvalue weighted by Crippen LogP contribution is 2.46. The molecular formula is C22H17N3O2S. The van der Waals surface area contributed by atoms with E-state index in [0.717, 1.165) is 51.0 Å². The first-order valence-corrected chi connectivity index (χ1v) is 9.82. The number of carbonyl (C=O) groups excluding carboxylic acids is 1. The lowest BCUT2D eigenvalue weighted by Gasteiger charge is -2.22. The molecule has 0 spiro atoms. The average molecular weight is 387 g/mol. The second-order valence-corrected chi connectivity index (χ2v) is 7.73. The minimum atomic E-state index is -0.434. The zero-order chi connectivity index (χ0) is 19.3. The summed E-state index contributed by atoms with van der Waals surface area (Å²) in [6.45, 7) is 0. The number of aromatic nitrogens is 2. The molecule has 4 aromatic rings. The summed E-state index contributed by atoms with van der Waals surface area (Å²) in [5, 5.41) is 0.816. The fraction of sp³-hybridized carbons (Fsp3) is 0.136. The molecule has 0 aliphatic heterocycles. The normalized spacial score (nSPS) is 12.5. The number of aryl methyl sites for hydroxylation is 1. The van der Waals surface area contributed by atoms with Gasteiger partial charge in [0.1, 0.15) is 9.71 Å². The maximum atomic E-state index is 12.2. The minimum absolute atomic E-state index is 0.394. The number of nitrogen functional groups attached to an aromatic ring is 1. The molecule has 0 radical (unpaired) electrons. The summed E-state index contributed by atoms with van der Waals surface area (Å²) in [6, 6.07) is 12.3. The first-order chi connectivity index (χ1) is 13.7. The van der Waals surface area contributed by atoms with E-state index in [1.54, 1.807) is 6.20 Å². The number of nitrogens with two attached hydrogens (primary N) is 1. The van der Waals surface area contributed by atoms with Crippen molar-refractivity contribution >= 4 is 33.2 Å². The van der Waals surface area contributed by atoms with E-state index in [-0.39, 0.29) is 0 Å². The van der Waals surface area contributed by atoms with E-state index in [4.69, 9.17) is 15.5 Å². The van der Waals surface area contributed by atoms with Crippen LogP contribution in [0.1, 0.15) is 20.8 Å². The van der Waals surface area contributed by atoms with E-state index in [9.17, 15) is 4.79 Å². The number of pyridine rings is 2. The molecule has 0 amide bonds. The lowest BCUT2D eigenvalue weighted by Crippen LogP contribution is -2.08. The van der Waals surface area contributed by atoms with Gasteiger partial charge in [-0.1, -0.05) is 30.3 Å². The zero-order valence-electron chi connectivity index (χ0n) is 15.2. The van der Waals surface area contributed by atoms with Crippen molar-refractivity contribution in [1.82, 2.24) is 9.97 Å². The Kier molecular flexibility index (Phi) is 3.87. The Labute approximate surface area is 165 Å². The number of methoxy groups -OCH3 is 1. The van der Waals surface area contributed by atoms with E-state index < -0.39 is 5.97 Å². The Hall–Kier alpha value is -3.25. The number of rotatable bonds is 2. The quantitative estimate of drug-likeness (QED) is 0.513. The second kappa shape index (κ2) is 6.42. The van der Waals surface area contributed by atoms with Gasteiger partial charge in [-0.3, -0.25) is 4.98 Å². The van der Waals surface area contributed by atoms with Crippen molar-refractivity contribution in [1.29, 1.82) is 0 Å². The molecule has 1 aliphatic carbocycles. The Morgan fingerprint density at radius 2 is 2.04 bits per heavy atom. The molecular weight excluding hydrogens is 370 g/mol. The average Bonchev–Trinajstić information content (AvgIpc) is 3.08. The second-order valence-electron chi connectivity index (χ2n) is 6.73. The van der Waals surface area contributed by atoms with E-state index in [0.29, 0.717) is 10.6 Å². The molecule has 0 saturated carbocycles. The fourth-order valence-electron chi connectivity index (χ4n) is 3.96. The molecule has 2 N–H and O–H groups in total. The summed E-state index contributed by atoms with van der Waals surface area (Å²) in [7, 11) is 1.36. The Morgan fingerprint density at radius 3 is 2.82 bits per heavy atom. The molecule has 0 saturated heterocycles. The van der Waals surface area contributed by atoms with E-state index >= 15 is 0 Å². The summed E-state index contributed by atoms with van der Waals surface area (Å²) in [4.78, 5) is 22.6. The first kappa shape index (κ1) is 16.9. The van der Waals surface area contributed by atoms with Crippen LogP contribution in [0.15, 0.2) is 48.8 Å². The van der Waals surface area contributed by atoms with Gasteiger partial charge in [0.2, 0.25) is 0 Å². The highest BCUT2D eigenvalue weighted by atomic mass is 32.1. The number of anilines is 1. The van der Waals surface area contributed by atoms with Gasteiger partial charge >= 0.3 is 5.97 Å². The molecule has 0 unspecified atom stereocenters. The van der Waals surface area contributed by atoms with Gasteiger partial charge in [0.25, 0.3) is 0 Å². The van der Waals surface area contributed by atoms with Gasteiger partial charge in [0.05, 0.1) is 18.5 Å². The van der Waals surface area contributed by atoms with Crippen LogP contribution >= 0.6 is 11.3 Å². The SMILES string of the molecule is COC(=O)c1sc2nc3c(c(-c4cccnc4)c2c1N)CCc1ccccc1-3. The fourth-order valence-corrected chi connectivity index (χ4v) is 4.98. The first-order valence-electron chi connectivity index (χ1n) is 9.01. The highest BCUT2D eigenvalue weighted by molar-refractivity contribution is 7.21. The molecule has 5 rings (SSSR count). The zero-order valence-corrected chi connectivity index (χ0v) is 16.0. The smallest absolute Gasteiger partial charge is 0.350 e. The Balaban J connectivity index is 1.92. The molecule has 138 valence electrons. The van der Waals surface area contributed by atoms with E-state index in [1.165, 1.54) is 24.0 Å². The van der Waals surface area contributed by atoms with E-state index in [1.807, 2.05) is 24.4 Å². The Morgan fingerprint density at radius 1 is 1.18 bits per heavy atom. The van der Waals surface area contributed by atoms with Crippen molar-refractivity contribution in [2.24, 2.45) is 0 Å². The molecule has 6 heteroatoms. The van der Waals surface area contributed by atoms with Gasteiger partial charge in [-0.15, -0.1) is 11.3 Å². The molecule has 0 bridgehead atoms. The van der Waals surface area contributed by atoms with Crippen LogP contribution in [-0.2, 0) is 17.6 Å². The van der Waals surface area contributed by atoms with Gasteiger partial charge in [-0.2, -0.15) is 0 Å². The van der Waals surface area contributed by atoms with Gasteiger partial charge in [0, 0.05) is 34.5 Å².